The summed E-state index contributed by atoms with van der Waals surface area (Å²) in [6.07, 6.45) is 14.7. The Morgan fingerprint density at radius 3 is 2.53 bits per heavy atom. The molecule has 1 saturated carbocycles. The first kappa shape index (κ1) is 22.7. The molecule has 170 valence electrons. The van der Waals surface area contributed by atoms with Gasteiger partial charge < -0.3 is 9.84 Å². The van der Waals surface area contributed by atoms with E-state index >= 15 is 0 Å². The number of nitrogens with zero attached hydrogens (tertiary/aromatic N) is 1. The van der Waals surface area contributed by atoms with Gasteiger partial charge in [-0.05, 0) is 47.9 Å². The summed E-state index contributed by atoms with van der Waals surface area (Å²) < 4.78 is 6.46. The monoisotopic (exact) mass is 431 g/mol. The van der Waals surface area contributed by atoms with E-state index in [1.165, 1.54) is 75.3 Å². The molecule has 1 fully saturated rings. The average Bonchev–Trinajstić information content (AvgIpc) is 3.15. The molecule has 1 N–H and O–H groups in total. The van der Waals surface area contributed by atoms with Crippen LogP contribution in [-0.4, -0.2) is 5.11 Å². The second kappa shape index (κ2) is 10.9. The molecular formula is C29H37NO2. The molecule has 0 aliphatic heterocycles. The van der Waals surface area contributed by atoms with E-state index in [-0.39, 0.29) is 17.4 Å². The second-order valence-electron chi connectivity index (χ2n) is 9.96. The molecule has 3 heteroatoms. The summed E-state index contributed by atoms with van der Waals surface area (Å²) in [5.41, 5.74) is 2.96. The highest BCUT2D eigenvalue weighted by atomic mass is 16.5. The van der Waals surface area contributed by atoms with Crippen LogP contribution in [0.2, 0.25) is 0 Å². The van der Waals surface area contributed by atoms with E-state index < -0.39 is 0 Å². The summed E-state index contributed by atoms with van der Waals surface area (Å²) in [6.45, 7) is 2.29. The molecule has 0 saturated heterocycles. The van der Waals surface area contributed by atoms with Crippen molar-refractivity contribution in [1.82, 2.24) is 0 Å². The first-order chi connectivity index (χ1) is 15.7. The lowest BCUT2D eigenvalue weighted by atomic mass is 9.75. The summed E-state index contributed by atoms with van der Waals surface area (Å²) in [5.74, 6) is 2.84. The SMILES string of the molecule is CCCCCCC1CCC(CC2Cc3ccccc3C2Oc2ccc(C#N)c(O)c2)CC1. The lowest BCUT2D eigenvalue weighted by Gasteiger charge is -2.32. The maximum atomic E-state index is 10.1. The van der Waals surface area contributed by atoms with Crippen LogP contribution in [0, 0.1) is 29.1 Å². The molecule has 2 atom stereocenters. The number of nitriles is 1. The van der Waals surface area contributed by atoms with Crippen molar-refractivity contribution in [1.29, 1.82) is 5.26 Å². The number of rotatable bonds is 9. The Labute approximate surface area is 193 Å². The van der Waals surface area contributed by atoms with Crippen molar-refractivity contribution in [2.45, 2.75) is 83.7 Å². The van der Waals surface area contributed by atoms with Crippen LogP contribution >= 0.6 is 0 Å². The normalized spacial score (nSPS) is 24.6. The summed E-state index contributed by atoms with van der Waals surface area (Å²) in [6, 6.07) is 15.7. The Morgan fingerprint density at radius 2 is 1.78 bits per heavy atom. The molecule has 0 amide bonds. The number of phenols is 1. The number of hydrogen-bond donors (Lipinski definition) is 1. The summed E-state index contributed by atoms with van der Waals surface area (Å²) in [5, 5.41) is 19.2. The minimum Gasteiger partial charge on any atom is -0.506 e. The van der Waals surface area contributed by atoms with E-state index in [1.807, 2.05) is 6.07 Å². The van der Waals surface area contributed by atoms with Crippen molar-refractivity contribution >= 4 is 0 Å². The number of fused-ring (bicyclic) bond motifs is 1. The minimum atomic E-state index is -0.00917. The number of ether oxygens (including phenoxy) is 1. The van der Waals surface area contributed by atoms with Gasteiger partial charge >= 0.3 is 0 Å². The van der Waals surface area contributed by atoms with Crippen LogP contribution in [0.25, 0.3) is 0 Å². The van der Waals surface area contributed by atoms with Gasteiger partial charge in [0.1, 0.15) is 23.7 Å². The Balaban J connectivity index is 1.38. The predicted molar refractivity (Wildman–Crippen MR) is 129 cm³/mol. The lowest BCUT2D eigenvalue weighted by Crippen LogP contribution is -2.21. The van der Waals surface area contributed by atoms with Crippen LogP contribution in [0.4, 0.5) is 0 Å². The van der Waals surface area contributed by atoms with Gasteiger partial charge in [0.2, 0.25) is 0 Å². The number of aromatic hydroxyl groups is 1. The second-order valence-corrected chi connectivity index (χ2v) is 9.96. The molecule has 2 aliphatic carbocycles. The van der Waals surface area contributed by atoms with Crippen LogP contribution in [0.1, 0.15) is 93.9 Å². The number of benzene rings is 2. The van der Waals surface area contributed by atoms with Gasteiger partial charge in [0.05, 0.1) is 5.56 Å². The van der Waals surface area contributed by atoms with E-state index in [0.717, 1.165) is 18.3 Å². The van der Waals surface area contributed by atoms with Gasteiger partial charge in [0.15, 0.2) is 0 Å². The fraction of sp³-hybridized carbons (Fsp3) is 0.552. The summed E-state index contributed by atoms with van der Waals surface area (Å²) in [7, 11) is 0. The van der Waals surface area contributed by atoms with Gasteiger partial charge in [0, 0.05) is 12.0 Å². The third kappa shape index (κ3) is 5.47. The molecule has 2 aromatic carbocycles. The Bertz CT molecular complexity index is 923. The standard InChI is InChI=1S/C29H37NO2/c1-2-3-4-5-8-21-11-13-22(14-12-21)17-25-18-23-9-6-7-10-27(23)29(25)32-26-16-15-24(20-30)28(31)19-26/h6-7,9-10,15-16,19,21-22,25,29,31H,2-5,8,11-14,17-18H2,1H3. The zero-order chi connectivity index (χ0) is 22.3. The summed E-state index contributed by atoms with van der Waals surface area (Å²) >= 11 is 0. The molecule has 0 heterocycles. The fourth-order valence-electron chi connectivity index (χ4n) is 5.88. The molecule has 2 aliphatic rings. The predicted octanol–water partition coefficient (Wildman–Crippen LogP) is 7.72. The Kier molecular flexibility index (Phi) is 7.74. The average molecular weight is 432 g/mol. The van der Waals surface area contributed by atoms with Gasteiger partial charge in [-0.1, -0.05) is 89.0 Å². The lowest BCUT2D eigenvalue weighted by molar-refractivity contribution is 0.118. The largest absolute Gasteiger partial charge is 0.506 e. The zero-order valence-corrected chi connectivity index (χ0v) is 19.4. The van der Waals surface area contributed by atoms with Crippen molar-refractivity contribution < 1.29 is 9.84 Å². The van der Waals surface area contributed by atoms with Crippen LogP contribution in [0.3, 0.4) is 0 Å². The Hall–Kier alpha value is -2.47. The molecular weight excluding hydrogens is 394 g/mol. The van der Waals surface area contributed by atoms with Crippen molar-refractivity contribution in [3.8, 4) is 17.6 Å². The summed E-state index contributed by atoms with van der Waals surface area (Å²) in [4.78, 5) is 0. The molecule has 0 aromatic heterocycles. The number of hydrogen-bond acceptors (Lipinski definition) is 3. The molecule has 0 spiro atoms. The third-order valence-electron chi connectivity index (χ3n) is 7.69. The highest BCUT2D eigenvalue weighted by Crippen LogP contribution is 2.45. The van der Waals surface area contributed by atoms with E-state index in [9.17, 15) is 5.11 Å². The fourth-order valence-corrected chi connectivity index (χ4v) is 5.88. The van der Waals surface area contributed by atoms with Crippen molar-refractivity contribution in [2.24, 2.45) is 17.8 Å². The third-order valence-corrected chi connectivity index (χ3v) is 7.69. The van der Waals surface area contributed by atoms with E-state index in [0.29, 0.717) is 11.7 Å². The van der Waals surface area contributed by atoms with Crippen LogP contribution in [-0.2, 0) is 6.42 Å². The topological polar surface area (TPSA) is 53.2 Å². The van der Waals surface area contributed by atoms with E-state index in [2.05, 4.69) is 31.2 Å². The highest BCUT2D eigenvalue weighted by molar-refractivity contribution is 5.47. The molecule has 2 unspecified atom stereocenters. The van der Waals surface area contributed by atoms with Gasteiger partial charge in [0.25, 0.3) is 0 Å². The maximum Gasteiger partial charge on any atom is 0.137 e. The first-order valence-electron chi connectivity index (χ1n) is 12.7. The maximum absolute atomic E-state index is 10.1. The van der Waals surface area contributed by atoms with Crippen LogP contribution in [0.5, 0.6) is 11.5 Å². The molecule has 0 bridgehead atoms. The molecule has 0 radical (unpaired) electrons. The smallest absolute Gasteiger partial charge is 0.137 e. The molecule has 2 aromatic rings. The zero-order valence-electron chi connectivity index (χ0n) is 19.4. The molecule has 32 heavy (non-hydrogen) atoms. The van der Waals surface area contributed by atoms with E-state index in [1.54, 1.807) is 18.2 Å². The van der Waals surface area contributed by atoms with Gasteiger partial charge in [-0.2, -0.15) is 5.26 Å². The van der Waals surface area contributed by atoms with Crippen molar-refractivity contribution in [2.75, 3.05) is 0 Å². The quantitative estimate of drug-likeness (QED) is 0.413. The van der Waals surface area contributed by atoms with Crippen LogP contribution in [0.15, 0.2) is 42.5 Å². The van der Waals surface area contributed by atoms with Gasteiger partial charge in [-0.15, -0.1) is 0 Å². The Morgan fingerprint density at radius 1 is 1.00 bits per heavy atom. The molecule has 3 nitrogen and oxygen atoms in total. The highest BCUT2D eigenvalue weighted by Gasteiger charge is 2.36. The molecule has 4 rings (SSSR count). The van der Waals surface area contributed by atoms with E-state index in [4.69, 9.17) is 10.00 Å². The van der Waals surface area contributed by atoms with Crippen molar-refractivity contribution in [3.05, 3.63) is 59.2 Å². The van der Waals surface area contributed by atoms with Gasteiger partial charge in [-0.3, -0.25) is 0 Å². The minimum absolute atomic E-state index is 0.00917. The number of phenolic OH excluding ortho intramolecular Hbond substituents is 1. The number of unbranched alkanes of at least 4 members (excludes halogenated alkanes) is 3. The first-order valence-corrected chi connectivity index (χ1v) is 12.7. The van der Waals surface area contributed by atoms with Gasteiger partial charge in [-0.25, -0.2) is 0 Å². The van der Waals surface area contributed by atoms with Crippen molar-refractivity contribution in [3.63, 3.8) is 0 Å². The van der Waals surface area contributed by atoms with Crippen LogP contribution < -0.4 is 4.74 Å².